The number of nitrogens with zero attached hydrogens (tertiary/aromatic N) is 7. The monoisotopic (exact) mass is 396 g/mol. The summed E-state index contributed by atoms with van der Waals surface area (Å²) in [6.07, 6.45) is 1.92. The van der Waals surface area contributed by atoms with Crippen molar-refractivity contribution in [2.24, 2.45) is 0 Å². The van der Waals surface area contributed by atoms with Crippen molar-refractivity contribution in [2.75, 3.05) is 24.7 Å². The number of aromatic nitrogens is 7. The summed E-state index contributed by atoms with van der Waals surface area (Å²) in [4.78, 5) is 7.27. The molecule has 1 aliphatic heterocycles. The number of morpholine rings is 1. The molecule has 4 aromatic heterocycles. The van der Waals surface area contributed by atoms with Crippen molar-refractivity contribution in [3.05, 3.63) is 29.7 Å². The van der Waals surface area contributed by atoms with Gasteiger partial charge in [-0.05, 0) is 38.4 Å². The number of aromatic amines is 1. The Balaban J connectivity index is 1.74. The van der Waals surface area contributed by atoms with Gasteiger partial charge in [-0.1, -0.05) is 5.21 Å². The van der Waals surface area contributed by atoms with E-state index in [2.05, 4.69) is 42.8 Å². The predicted octanol–water partition coefficient (Wildman–Crippen LogP) is 2.50. The minimum Gasteiger partial charge on any atom is -0.377 e. The van der Waals surface area contributed by atoms with Gasteiger partial charge in [0.05, 0.1) is 48.2 Å². The first-order chi connectivity index (χ1) is 13.6. The van der Waals surface area contributed by atoms with Gasteiger partial charge in [-0.15, -0.1) is 5.10 Å². The zero-order valence-electron chi connectivity index (χ0n) is 15.9. The summed E-state index contributed by atoms with van der Waals surface area (Å²) < 4.78 is 13.0. The summed E-state index contributed by atoms with van der Waals surface area (Å²) >= 11 is 1.41. The fourth-order valence-corrected chi connectivity index (χ4v) is 4.30. The largest absolute Gasteiger partial charge is 0.377 e. The topological polar surface area (TPSA) is 97.6 Å². The van der Waals surface area contributed by atoms with Gasteiger partial charge in [-0.25, -0.2) is 9.67 Å². The van der Waals surface area contributed by atoms with Crippen LogP contribution in [-0.2, 0) is 4.74 Å². The van der Waals surface area contributed by atoms with E-state index in [-0.39, 0.29) is 6.04 Å². The van der Waals surface area contributed by atoms with E-state index >= 15 is 0 Å². The lowest BCUT2D eigenvalue weighted by Gasteiger charge is -2.34. The molecular weight excluding hydrogens is 376 g/mol. The highest BCUT2D eigenvalue weighted by molar-refractivity contribution is 7.14. The normalized spacial score (nSPS) is 17.5. The molecule has 9 nitrogen and oxygen atoms in total. The minimum atomic E-state index is 0.244. The lowest BCUT2D eigenvalue weighted by Crippen LogP contribution is -2.44. The number of rotatable bonds is 3. The van der Waals surface area contributed by atoms with Gasteiger partial charge in [0.1, 0.15) is 21.7 Å². The maximum atomic E-state index is 5.60. The van der Waals surface area contributed by atoms with Crippen LogP contribution >= 0.6 is 11.5 Å². The molecule has 0 amide bonds. The van der Waals surface area contributed by atoms with Crippen LogP contribution in [0.4, 0.5) is 5.82 Å². The summed E-state index contributed by atoms with van der Waals surface area (Å²) in [5, 5.41) is 15.7. The molecule has 10 heteroatoms. The minimum absolute atomic E-state index is 0.244. The van der Waals surface area contributed by atoms with Crippen LogP contribution in [0.2, 0.25) is 0 Å². The van der Waals surface area contributed by atoms with Gasteiger partial charge in [0.15, 0.2) is 0 Å². The highest BCUT2D eigenvalue weighted by Gasteiger charge is 2.24. The van der Waals surface area contributed by atoms with Gasteiger partial charge in [-0.2, -0.15) is 9.47 Å². The molecule has 144 valence electrons. The molecule has 0 spiro atoms. The van der Waals surface area contributed by atoms with E-state index in [0.29, 0.717) is 13.2 Å². The Hall–Kier alpha value is -2.85. The fraction of sp³-hybridized carbons (Fsp3) is 0.389. The predicted molar refractivity (Wildman–Crippen MR) is 107 cm³/mol. The molecule has 1 atom stereocenters. The Bertz CT molecular complexity index is 1150. The van der Waals surface area contributed by atoms with Gasteiger partial charge in [-0.3, -0.25) is 5.10 Å². The number of nitrogens with one attached hydrogen (secondary N) is 1. The molecule has 5 rings (SSSR count). The fourth-order valence-electron chi connectivity index (χ4n) is 3.46. The van der Waals surface area contributed by atoms with E-state index in [1.54, 1.807) is 4.68 Å². The molecule has 1 aliphatic rings. The van der Waals surface area contributed by atoms with Crippen molar-refractivity contribution < 1.29 is 4.74 Å². The van der Waals surface area contributed by atoms with E-state index in [9.17, 15) is 0 Å². The molecular formula is C18H20N8OS. The van der Waals surface area contributed by atoms with E-state index in [4.69, 9.17) is 9.72 Å². The summed E-state index contributed by atoms with van der Waals surface area (Å²) in [6, 6.07) is 4.30. The Kier molecular flexibility index (Phi) is 4.09. The highest BCUT2D eigenvalue weighted by Crippen LogP contribution is 2.35. The number of aryl methyl sites for hydroxylation is 2. The SMILES string of the molecule is Cc1cn(-c2cc(N3CCOC[C@H]3C)nc3c(-c4cc(C)n[nH]4)nsc23)nn1. The number of pyridine rings is 1. The molecule has 4 aromatic rings. The zero-order valence-corrected chi connectivity index (χ0v) is 16.7. The standard InChI is InChI=1S/C18H20N8OS/c1-10-6-13(22-20-10)16-17-18(28-23-16)14(26-8-11(2)21-24-26)7-15(19-17)25-4-5-27-9-12(25)3/h6-8,12H,4-5,9H2,1-3H3,(H,20,22)/t12-/m1/s1. The molecule has 0 radical (unpaired) electrons. The zero-order chi connectivity index (χ0) is 19.3. The Labute approximate surface area is 165 Å². The number of hydrogen-bond donors (Lipinski definition) is 1. The Morgan fingerprint density at radius 2 is 2.14 bits per heavy atom. The third kappa shape index (κ3) is 2.85. The molecule has 0 aromatic carbocycles. The number of H-pyrrole nitrogens is 1. The summed E-state index contributed by atoms with van der Waals surface area (Å²) in [7, 11) is 0. The molecule has 1 N–H and O–H groups in total. The van der Waals surface area contributed by atoms with Crippen LogP contribution in [0.15, 0.2) is 18.3 Å². The van der Waals surface area contributed by atoms with Crippen LogP contribution in [0, 0.1) is 13.8 Å². The Morgan fingerprint density at radius 1 is 1.25 bits per heavy atom. The molecule has 0 bridgehead atoms. The molecule has 0 aliphatic carbocycles. The average molecular weight is 396 g/mol. The molecule has 1 fully saturated rings. The summed E-state index contributed by atoms with van der Waals surface area (Å²) in [5.74, 6) is 0.893. The van der Waals surface area contributed by atoms with Gasteiger partial charge in [0.2, 0.25) is 0 Å². The van der Waals surface area contributed by atoms with Crippen molar-refractivity contribution in [1.82, 2.24) is 34.5 Å². The number of fused-ring (bicyclic) bond motifs is 1. The second-order valence-corrected chi connectivity index (χ2v) is 7.83. The maximum Gasteiger partial charge on any atom is 0.131 e. The smallest absolute Gasteiger partial charge is 0.131 e. The molecule has 1 saturated heterocycles. The van der Waals surface area contributed by atoms with Gasteiger partial charge < -0.3 is 9.64 Å². The van der Waals surface area contributed by atoms with Crippen LogP contribution in [-0.4, -0.2) is 60.3 Å². The highest BCUT2D eigenvalue weighted by atomic mass is 32.1. The third-order valence-electron chi connectivity index (χ3n) is 4.87. The first-order valence-electron chi connectivity index (χ1n) is 9.16. The average Bonchev–Trinajstić information content (AvgIpc) is 3.41. The first-order valence-corrected chi connectivity index (χ1v) is 9.94. The van der Waals surface area contributed by atoms with Gasteiger partial charge >= 0.3 is 0 Å². The van der Waals surface area contributed by atoms with Crippen LogP contribution in [0.5, 0.6) is 0 Å². The van der Waals surface area contributed by atoms with Gasteiger partial charge in [0, 0.05) is 12.6 Å². The first kappa shape index (κ1) is 17.3. The van der Waals surface area contributed by atoms with Gasteiger partial charge in [0.25, 0.3) is 0 Å². The Morgan fingerprint density at radius 3 is 2.86 bits per heavy atom. The second-order valence-electron chi connectivity index (χ2n) is 7.05. The van der Waals surface area contributed by atoms with E-state index in [1.165, 1.54) is 11.5 Å². The molecule has 0 saturated carbocycles. The van der Waals surface area contributed by atoms with Crippen LogP contribution in [0.3, 0.4) is 0 Å². The second kappa shape index (κ2) is 6.64. The number of ether oxygens (including phenoxy) is 1. The van der Waals surface area contributed by atoms with Crippen molar-refractivity contribution in [3.63, 3.8) is 0 Å². The molecule has 28 heavy (non-hydrogen) atoms. The number of anilines is 1. The van der Waals surface area contributed by atoms with Crippen molar-refractivity contribution in [2.45, 2.75) is 26.8 Å². The van der Waals surface area contributed by atoms with Crippen LogP contribution in [0.25, 0.3) is 27.3 Å². The van der Waals surface area contributed by atoms with Crippen LogP contribution < -0.4 is 4.90 Å². The third-order valence-corrected chi connectivity index (χ3v) is 5.73. The molecule has 0 unspecified atom stereocenters. The van der Waals surface area contributed by atoms with Crippen molar-refractivity contribution in [1.29, 1.82) is 0 Å². The van der Waals surface area contributed by atoms with Crippen LogP contribution in [0.1, 0.15) is 18.3 Å². The summed E-state index contributed by atoms with van der Waals surface area (Å²) in [6.45, 7) is 8.20. The molecule has 5 heterocycles. The maximum absolute atomic E-state index is 5.60. The van der Waals surface area contributed by atoms with Crippen molar-refractivity contribution >= 4 is 27.6 Å². The summed E-state index contributed by atoms with van der Waals surface area (Å²) in [5.41, 5.74) is 5.22. The van der Waals surface area contributed by atoms with Crippen molar-refractivity contribution in [3.8, 4) is 17.1 Å². The van der Waals surface area contributed by atoms with E-state index < -0.39 is 0 Å². The lowest BCUT2D eigenvalue weighted by atomic mass is 10.2. The quantitative estimate of drug-likeness (QED) is 0.568. The van der Waals surface area contributed by atoms with E-state index in [1.807, 2.05) is 26.1 Å². The van der Waals surface area contributed by atoms with E-state index in [0.717, 1.165) is 51.0 Å². The lowest BCUT2D eigenvalue weighted by molar-refractivity contribution is 0.0986. The number of hydrogen-bond acceptors (Lipinski definition) is 8.